The number of benzene rings is 4. The topological polar surface area (TPSA) is 43.5 Å². The van der Waals surface area contributed by atoms with Crippen LogP contribution in [0.4, 0.5) is 0 Å². The van der Waals surface area contributed by atoms with Crippen molar-refractivity contribution >= 4 is 27.1 Å². The Hall–Kier alpha value is -3.34. The van der Waals surface area contributed by atoms with Gasteiger partial charge < -0.3 is 18.9 Å². The fraction of sp³-hybridized carbons (Fsp3) is 0.214. The number of rotatable bonds is 8. The molecule has 2 aliphatic rings. The highest BCUT2D eigenvalue weighted by Crippen LogP contribution is 2.42. The largest absolute Gasteiger partial charge is 0.490 e. The van der Waals surface area contributed by atoms with Crippen LogP contribution in [-0.2, 0) is 9.47 Å². The van der Waals surface area contributed by atoms with Crippen molar-refractivity contribution in [1.29, 1.82) is 0 Å². The normalized spacial score (nSPS) is 19.1. The van der Waals surface area contributed by atoms with E-state index in [1.807, 2.05) is 12.1 Å². The van der Waals surface area contributed by atoms with Crippen molar-refractivity contribution < 1.29 is 18.9 Å². The summed E-state index contributed by atoms with van der Waals surface area (Å²) in [6, 6.07) is 25.0. The molecule has 2 saturated heterocycles. The molecule has 6 rings (SSSR count). The van der Waals surface area contributed by atoms with Gasteiger partial charge in [0.05, 0.1) is 13.2 Å². The lowest BCUT2D eigenvalue weighted by molar-refractivity contribution is 0.262. The van der Waals surface area contributed by atoms with Gasteiger partial charge in [-0.15, -0.1) is 0 Å². The van der Waals surface area contributed by atoms with Gasteiger partial charge in [-0.3, -0.25) is 0 Å². The quantitative estimate of drug-likeness (QED) is 0.345. The van der Waals surface area contributed by atoms with Gasteiger partial charge in [-0.05, 0) is 39.3 Å². The summed E-state index contributed by atoms with van der Waals surface area (Å²) in [5, 5.41) is 4.51. The van der Waals surface area contributed by atoms with Gasteiger partial charge in [0.1, 0.15) is 36.9 Å². The van der Waals surface area contributed by atoms with E-state index in [0.29, 0.717) is 13.2 Å². The molecule has 2 heterocycles. The third-order valence-corrected chi connectivity index (χ3v) is 6.04. The third-order valence-electron chi connectivity index (χ3n) is 6.04. The molecule has 4 nitrogen and oxygen atoms in total. The fourth-order valence-electron chi connectivity index (χ4n) is 4.19. The van der Waals surface area contributed by atoms with E-state index in [4.69, 9.17) is 18.9 Å². The number of hydrogen-bond acceptors (Lipinski definition) is 4. The maximum Gasteiger partial charge on any atom is 0.127 e. The number of ether oxygens (including phenoxy) is 4. The van der Waals surface area contributed by atoms with Crippen molar-refractivity contribution in [2.45, 2.75) is 12.2 Å². The molecule has 0 aliphatic carbocycles. The van der Waals surface area contributed by atoms with Gasteiger partial charge in [-0.2, -0.15) is 0 Å². The van der Waals surface area contributed by atoms with Gasteiger partial charge in [0.25, 0.3) is 0 Å². The highest BCUT2D eigenvalue weighted by atomic mass is 16.6. The highest BCUT2D eigenvalue weighted by Gasteiger charge is 2.26. The summed E-state index contributed by atoms with van der Waals surface area (Å²) < 4.78 is 23.2. The van der Waals surface area contributed by atoms with E-state index in [1.54, 1.807) is 0 Å². The Morgan fingerprint density at radius 1 is 0.688 bits per heavy atom. The third kappa shape index (κ3) is 3.72. The molecule has 0 N–H and O–H groups in total. The van der Waals surface area contributed by atoms with Crippen LogP contribution in [0.25, 0.3) is 27.1 Å². The second kappa shape index (κ2) is 7.97. The SMILES string of the molecule is C=C(c1c(OCC2CO2)ccc2ccccc12)c1c(OCC2CO2)ccc2ccccc12. The molecule has 2 fully saturated rings. The van der Waals surface area contributed by atoms with Crippen LogP contribution in [-0.4, -0.2) is 38.6 Å². The highest BCUT2D eigenvalue weighted by molar-refractivity contribution is 6.06. The number of fused-ring (bicyclic) bond motifs is 2. The molecule has 2 aliphatic heterocycles. The second-order valence-corrected chi connectivity index (χ2v) is 8.33. The van der Waals surface area contributed by atoms with Crippen LogP contribution in [0.3, 0.4) is 0 Å². The van der Waals surface area contributed by atoms with Gasteiger partial charge in [-0.25, -0.2) is 0 Å². The minimum Gasteiger partial charge on any atom is -0.490 e. The minimum absolute atomic E-state index is 0.178. The van der Waals surface area contributed by atoms with Gasteiger partial charge in [0.15, 0.2) is 0 Å². The van der Waals surface area contributed by atoms with Crippen LogP contribution in [0.15, 0.2) is 79.4 Å². The Morgan fingerprint density at radius 3 is 1.56 bits per heavy atom. The first kappa shape index (κ1) is 19.4. The first-order valence-electron chi connectivity index (χ1n) is 11.0. The Labute approximate surface area is 187 Å². The molecular formula is C28H24O4. The second-order valence-electron chi connectivity index (χ2n) is 8.33. The summed E-state index contributed by atoms with van der Waals surface area (Å²) in [6.07, 6.45) is 0.357. The lowest BCUT2D eigenvalue weighted by atomic mass is 9.90. The summed E-state index contributed by atoms with van der Waals surface area (Å²) >= 11 is 0. The van der Waals surface area contributed by atoms with Crippen LogP contribution in [0, 0.1) is 0 Å². The predicted molar refractivity (Wildman–Crippen MR) is 127 cm³/mol. The van der Waals surface area contributed by atoms with E-state index in [0.717, 1.165) is 63.0 Å². The minimum atomic E-state index is 0.178. The molecule has 2 unspecified atom stereocenters. The van der Waals surface area contributed by atoms with E-state index in [9.17, 15) is 0 Å². The van der Waals surface area contributed by atoms with E-state index in [2.05, 4.69) is 67.2 Å². The molecule has 0 saturated carbocycles. The molecule has 32 heavy (non-hydrogen) atoms. The molecule has 0 radical (unpaired) electrons. The molecule has 2 atom stereocenters. The number of epoxide rings is 2. The standard InChI is InChI=1S/C28H24O4/c1-18(27-23-8-4-2-6-19(23)10-12-25(27)31-16-21-14-29-21)28-24-9-5-3-7-20(24)11-13-26(28)32-17-22-15-30-22/h2-13,21-22H,1,14-17H2. The molecule has 0 spiro atoms. The number of hydrogen-bond donors (Lipinski definition) is 0. The molecule has 4 aromatic carbocycles. The first-order valence-corrected chi connectivity index (χ1v) is 11.0. The molecule has 160 valence electrons. The summed E-state index contributed by atoms with van der Waals surface area (Å²) in [5.41, 5.74) is 2.87. The Balaban J connectivity index is 1.52. The van der Waals surface area contributed by atoms with Crippen LogP contribution in [0.1, 0.15) is 11.1 Å². The Kier molecular flexibility index (Phi) is 4.82. The molecule has 0 bridgehead atoms. The summed E-state index contributed by atoms with van der Waals surface area (Å²) in [5.74, 6) is 1.63. The molecule has 0 aromatic heterocycles. The van der Waals surface area contributed by atoms with E-state index in [1.165, 1.54) is 0 Å². The van der Waals surface area contributed by atoms with Gasteiger partial charge in [0, 0.05) is 11.1 Å². The van der Waals surface area contributed by atoms with Gasteiger partial charge in [-0.1, -0.05) is 67.2 Å². The van der Waals surface area contributed by atoms with Gasteiger partial charge >= 0.3 is 0 Å². The van der Waals surface area contributed by atoms with Crippen LogP contribution in [0.5, 0.6) is 11.5 Å². The summed E-state index contributed by atoms with van der Waals surface area (Å²) in [7, 11) is 0. The lowest BCUT2D eigenvalue weighted by Gasteiger charge is -2.20. The smallest absolute Gasteiger partial charge is 0.127 e. The maximum atomic E-state index is 6.23. The van der Waals surface area contributed by atoms with Crippen molar-refractivity contribution in [3.05, 3.63) is 90.5 Å². The molecule has 4 heteroatoms. The summed E-state index contributed by atoms with van der Waals surface area (Å²) in [4.78, 5) is 0. The van der Waals surface area contributed by atoms with E-state index >= 15 is 0 Å². The molecular weight excluding hydrogens is 400 g/mol. The zero-order chi connectivity index (χ0) is 21.5. The van der Waals surface area contributed by atoms with Crippen molar-refractivity contribution in [1.82, 2.24) is 0 Å². The Morgan fingerprint density at radius 2 is 1.12 bits per heavy atom. The summed E-state index contributed by atoms with van der Waals surface area (Å²) in [6.45, 7) is 7.17. The van der Waals surface area contributed by atoms with E-state index < -0.39 is 0 Å². The zero-order valence-electron chi connectivity index (χ0n) is 17.8. The van der Waals surface area contributed by atoms with Gasteiger partial charge in [0.2, 0.25) is 0 Å². The van der Waals surface area contributed by atoms with E-state index in [-0.39, 0.29) is 12.2 Å². The van der Waals surface area contributed by atoms with Crippen LogP contribution >= 0.6 is 0 Å². The predicted octanol–water partition coefficient (Wildman–Crippen LogP) is 5.61. The fourth-order valence-corrected chi connectivity index (χ4v) is 4.19. The van der Waals surface area contributed by atoms with Crippen LogP contribution < -0.4 is 9.47 Å². The zero-order valence-corrected chi connectivity index (χ0v) is 17.8. The van der Waals surface area contributed by atoms with Crippen molar-refractivity contribution in [2.75, 3.05) is 26.4 Å². The average Bonchev–Trinajstić information content (AvgIpc) is 3.75. The lowest BCUT2D eigenvalue weighted by Crippen LogP contribution is -2.08. The monoisotopic (exact) mass is 424 g/mol. The van der Waals surface area contributed by atoms with Crippen LogP contribution in [0.2, 0.25) is 0 Å². The Bertz CT molecular complexity index is 1220. The molecule has 0 amide bonds. The van der Waals surface area contributed by atoms with Crippen molar-refractivity contribution in [3.63, 3.8) is 0 Å². The average molecular weight is 424 g/mol. The van der Waals surface area contributed by atoms with Crippen molar-refractivity contribution in [2.24, 2.45) is 0 Å². The van der Waals surface area contributed by atoms with Crippen molar-refractivity contribution in [3.8, 4) is 11.5 Å². The molecule has 4 aromatic rings. The first-order chi connectivity index (χ1) is 15.8. The maximum absolute atomic E-state index is 6.23.